The van der Waals surface area contributed by atoms with Crippen molar-refractivity contribution in [2.75, 3.05) is 13.2 Å². The van der Waals surface area contributed by atoms with E-state index in [1.165, 1.54) is 0 Å². The molecule has 0 aromatic rings. The quantitative estimate of drug-likeness (QED) is 0.489. The summed E-state index contributed by atoms with van der Waals surface area (Å²) in [5.41, 5.74) is 0. The molecule has 4 heteroatoms. The number of rotatable bonds is 6. The SMILES string of the molecule is C#CCOC(=O)C(C)CCC(=O)OCC. The average Bonchev–Trinajstić information content (AvgIpc) is 2.22. The topological polar surface area (TPSA) is 52.6 Å². The van der Waals surface area contributed by atoms with Crippen LogP contribution in [0.4, 0.5) is 0 Å². The van der Waals surface area contributed by atoms with Crippen LogP contribution in [0.3, 0.4) is 0 Å². The largest absolute Gasteiger partial charge is 0.466 e. The van der Waals surface area contributed by atoms with Gasteiger partial charge in [-0.3, -0.25) is 9.59 Å². The van der Waals surface area contributed by atoms with Gasteiger partial charge in [0.2, 0.25) is 0 Å². The molecule has 0 aliphatic heterocycles. The first-order valence-electron chi connectivity index (χ1n) is 4.87. The predicted molar refractivity (Wildman–Crippen MR) is 54.8 cm³/mol. The second kappa shape index (κ2) is 7.86. The first-order valence-corrected chi connectivity index (χ1v) is 4.87. The fourth-order valence-corrected chi connectivity index (χ4v) is 0.940. The minimum absolute atomic E-state index is 0.0252. The van der Waals surface area contributed by atoms with Gasteiger partial charge in [-0.05, 0) is 13.3 Å². The van der Waals surface area contributed by atoms with Gasteiger partial charge >= 0.3 is 11.9 Å². The molecule has 0 fully saturated rings. The molecular weight excluding hydrogens is 196 g/mol. The molecule has 0 saturated carbocycles. The maximum Gasteiger partial charge on any atom is 0.309 e. The Morgan fingerprint density at radius 1 is 1.40 bits per heavy atom. The van der Waals surface area contributed by atoms with Gasteiger partial charge < -0.3 is 9.47 Å². The van der Waals surface area contributed by atoms with Crippen molar-refractivity contribution in [2.24, 2.45) is 5.92 Å². The lowest BCUT2D eigenvalue weighted by Gasteiger charge is -2.09. The average molecular weight is 212 g/mol. The monoisotopic (exact) mass is 212 g/mol. The highest BCUT2D eigenvalue weighted by Crippen LogP contribution is 2.08. The fourth-order valence-electron chi connectivity index (χ4n) is 0.940. The first kappa shape index (κ1) is 13.5. The molecule has 84 valence electrons. The van der Waals surface area contributed by atoms with Crippen LogP contribution in [0, 0.1) is 18.3 Å². The van der Waals surface area contributed by atoms with E-state index in [2.05, 4.69) is 5.92 Å². The van der Waals surface area contributed by atoms with Crippen LogP contribution in [-0.4, -0.2) is 25.2 Å². The van der Waals surface area contributed by atoms with Gasteiger partial charge in [-0.25, -0.2) is 0 Å². The molecule has 0 aromatic heterocycles. The minimum atomic E-state index is -0.378. The van der Waals surface area contributed by atoms with E-state index in [9.17, 15) is 9.59 Å². The van der Waals surface area contributed by atoms with Crippen molar-refractivity contribution in [3.8, 4) is 12.3 Å². The summed E-state index contributed by atoms with van der Waals surface area (Å²) < 4.78 is 9.45. The summed E-state index contributed by atoms with van der Waals surface area (Å²) in [6.07, 6.45) is 5.58. The van der Waals surface area contributed by atoms with Crippen LogP contribution >= 0.6 is 0 Å². The van der Waals surface area contributed by atoms with Crippen LogP contribution in [0.15, 0.2) is 0 Å². The van der Waals surface area contributed by atoms with Crippen molar-refractivity contribution in [3.63, 3.8) is 0 Å². The molecule has 0 bridgehead atoms. The van der Waals surface area contributed by atoms with Crippen LogP contribution in [0.5, 0.6) is 0 Å². The Morgan fingerprint density at radius 2 is 2.07 bits per heavy atom. The van der Waals surface area contributed by atoms with E-state index in [0.717, 1.165) is 0 Å². The lowest BCUT2D eigenvalue weighted by molar-refractivity contribution is -0.147. The summed E-state index contributed by atoms with van der Waals surface area (Å²) in [6, 6.07) is 0. The van der Waals surface area contributed by atoms with Gasteiger partial charge in [-0.1, -0.05) is 12.8 Å². The summed E-state index contributed by atoms with van der Waals surface area (Å²) in [7, 11) is 0. The highest BCUT2D eigenvalue weighted by molar-refractivity contribution is 5.74. The third-order valence-electron chi connectivity index (χ3n) is 1.79. The van der Waals surface area contributed by atoms with Crippen molar-refractivity contribution in [1.29, 1.82) is 0 Å². The zero-order valence-corrected chi connectivity index (χ0v) is 9.12. The second-order valence-corrected chi connectivity index (χ2v) is 3.06. The highest BCUT2D eigenvalue weighted by atomic mass is 16.5. The Balaban J connectivity index is 3.73. The molecule has 0 rings (SSSR count). The van der Waals surface area contributed by atoms with Crippen LogP contribution < -0.4 is 0 Å². The summed E-state index contributed by atoms with van der Waals surface area (Å²) >= 11 is 0. The number of esters is 2. The second-order valence-electron chi connectivity index (χ2n) is 3.06. The fraction of sp³-hybridized carbons (Fsp3) is 0.636. The zero-order valence-electron chi connectivity index (χ0n) is 9.12. The molecule has 0 N–H and O–H groups in total. The molecule has 0 aromatic carbocycles. The Bertz CT molecular complexity index is 252. The molecule has 0 radical (unpaired) electrons. The molecule has 0 aliphatic carbocycles. The van der Waals surface area contributed by atoms with Gasteiger partial charge in [0.25, 0.3) is 0 Å². The van der Waals surface area contributed by atoms with E-state index < -0.39 is 0 Å². The standard InChI is InChI=1S/C11H16O4/c1-4-8-15-11(13)9(3)6-7-10(12)14-5-2/h1,9H,5-8H2,2-3H3. The maximum absolute atomic E-state index is 11.2. The Hall–Kier alpha value is -1.50. The summed E-state index contributed by atoms with van der Waals surface area (Å²) in [5, 5.41) is 0. The zero-order chi connectivity index (χ0) is 11.7. The number of hydrogen-bond donors (Lipinski definition) is 0. The van der Waals surface area contributed by atoms with Crippen LogP contribution in [-0.2, 0) is 19.1 Å². The molecule has 0 amide bonds. The minimum Gasteiger partial charge on any atom is -0.466 e. The van der Waals surface area contributed by atoms with Crippen molar-refractivity contribution in [3.05, 3.63) is 0 Å². The van der Waals surface area contributed by atoms with E-state index >= 15 is 0 Å². The molecule has 0 saturated heterocycles. The van der Waals surface area contributed by atoms with E-state index in [4.69, 9.17) is 15.9 Å². The smallest absolute Gasteiger partial charge is 0.309 e. The van der Waals surface area contributed by atoms with E-state index in [-0.39, 0.29) is 30.9 Å². The van der Waals surface area contributed by atoms with Gasteiger partial charge in [0, 0.05) is 6.42 Å². The van der Waals surface area contributed by atoms with E-state index in [0.29, 0.717) is 13.0 Å². The van der Waals surface area contributed by atoms with Crippen molar-refractivity contribution in [1.82, 2.24) is 0 Å². The number of carbonyl (C=O) groups excluding carboxylic acids is 2. The number of hydrogen-bond acceptors (Lipinski definition) is 4. The molecule has 15 heavy (non-hydrogen) atoms. The van der Waals surface area contributed by atoms with Gasteiger partial charge in [-0.2, -0.15) is 0 Å². The molecule has 1 atom stereocenters. The molecule has 0 heterocycles. The molecule has 0 aliphatic rings. The van der Waals surface area contributed by atoms with Gasteiger partial charge in [-0.15, -0.1) is 6.42 Å². The normalized spacial score (nSPS) is 11.3. The van der Waals surface area contributed by atoms with Gasteiger partial charge in [0.05, 0.1) is 12.5 Å². The van der Waals surface area contributed by atoms with Crippen molar-refractivity contribution < 1.29 is 19.1 Å². The number of carbonyl (C=O) groups is 2. The third-order valence-corrected chi connectivity index (χ3v) is 1.79. The highest BCUT2D eigenvalue weighted by Gasteiger charge is 2.15. The summed E-state index contributed by atoms with van der Waals surface area (Å²) in [4.78, 5) is 22.2. The van der Waals surface area contributed by atoms with Crippen molar-refractivity contribution >= 4 is 11.9 Å². The first-order chi connectivity index (χ1) is 7.11. The Morgan fingerprint density at radius 3 is 2.60 bits per heavy atom. The van der Waals surface area contributed by atoms with Gasteiger partial charge in [0.15, 0.2) is 6.61 Å². The lowest BCUT2D eigenvalue weighted by atomic mass is 10.1. The van der Waals surface area contributed by atoms with Gasteiger partial charge in [0.1, 0.15) is 0 Å². The van der Waals surface area contributed by atoms with Crippen LogP contribution in [0.25, 0.3) is 0 Å². The number of terminal acetylenes is 1. The van der Waals surface area contributed by atoms with Crippen LogP contribution in [0.2, 0.25) is 0 Å². The maximum atomic E-state index is 11.2. The third kappa shape index (κ3) is 6.55. The number of ether oxygens (including phenoxy) is 2. The van der Waals surface area contributed by atoms with Crippen LogP contribution in [0.1, 0.15) is 26.7 Å². The molecule has 1 unspecified atom stereocenters. The molecule has 4 nitrogen and oxygen atoms in total. The Labute approximate surface area is 89.9 Å². The summed E-state index contributed by atoms with van der Waals surface area (Å²) in [6.45, 7) is 3.76. The Kier molecular flexibility index (Phi) is 7.08. The summed E-state index contributed by atoms with van der Waals surface area (Å²) in [5.74, 6) is 1.20. The lowest BCUT2D eigenvalue weighted by Crippen LogP contribution is -2.16. The van der Waals surface area contributed by atoms with E-state index in [1.807, 2.05) is 0 Å². The predicted octanol–water partition coefficient (Wildman–Crippen LogP) is 1.14. The molecule has 0 spiro atoms. The molecular formula is C11H16O4. The van der Waals surface area contributed by atoms with Crippen molar-refractivity contribution in [2.45, 2.75) is 26.7 Å². The van der Waals surface area contributed by atoms with E-state index in [1.54, 1.807) is 13.8 Å².